The molecule has 1 fully saturated rings. The molecule has 0 radical (unpaired) electrons. The Kier molecular flexibility index (Phi) is 12.8. The largest absolute Gasteiger partial charge is 0.497 e. The topological polar surface area (TPSA) is 128 Å². The maximum absolute atomic E-state index is 13.6. The van der Waals surface area contributed by atoms with Gasteiger partial charge in [0.2, 0.25) is 0 Å². The number of hydrogen-bond donors (Lipinski definition) is 2. The van der Waals surface area contributed by atoms with Crippen LogP contribution < -0.4 is 14.5 Å². The quantitative estimate of drug-likeness (QED) is 0.229. The fraction of sp³-hybridized carbons (Fsp3) is 0.294. The summed E-state index contributed by atoms with van der Waals surface area (Å²) in [6, 6.07) is 20.9. The highest BCUT2D eigenvalue weighted by molar-refractivity contribution is 6.06. The number of carbonyl (C=O) groups is 4. The minimum Gasteiger partial charge on any atom is -0.497 e. The first kappa shape index (κ1) is 34.5. The highest BCUT2D eigenvalue weighted by Gasteiger charge is 2.27. The van der Waals surface area contributed by atoms with Gasteiger partial charge in [0.05, 0.1) is 7.11 Å². The summed E-state index contributed by atoms with van der Waals surface area (Å²) in [5.74, 6) is -2.15. The molecule has 0 unspecified atom stereocenters. The Hall–Kier alpha value is -5.03. The minimum atomic E-state index is -1.26. The molecule has 2 N–H and O–H groups in total. The van der Waals surface area contributed by atoms with Crippen LogP contribution in [0, 0.1) is 11.7 Å². The number of amides is 1. The number of benzene rings is 3. The van der Waals surface area contributed by atoms with Crippen LogP contribution in [0.3, 0.4) is 0 Å². The van der Waals surface area contributed by atoms with Crippen molar-refractivity contribution in [3.05, 3.63) is 102 Å². The summed E-state index contributed by atoms with van der Waals surface area (Å²) in [6.07, 6.45) is 2.61. The summed E-state index contributed by atoms with van der Waals surface area (Å²) in [5, 5.41) is 15.6. The number of ether oxygens (including phenoxy) is 1. The molecule has 1 amide bonds. The first-order valence-corrected chi connectivity index (χ1v) is 14.4. The molecular weight excluding hydrogens is 581 g/mol. The van der Waals surface area contributed by atoms with Crippen molar-refractivity contribution in [3.8, 4) is 5.75 Å². The van der Waals surface area contributed by atoms with Gasteiger partial charge in [-0.2, -0.15) is 0 Å². The van der Waals surface area contributed by atoms with Crippen LogP contribution in [0.25, 0.3) is 0 Å². The number of hydrogen-bond acceptors (Lipinski definition) is 7. The summed E-state index contributed by atoms with van der Waals surface area (Å²) in [4.78, 5) is 51.6. The Morgan fingerprint density at radius 3 is 1.82 bits per heavy atom. The van der Waals surface area contributed by atoms with Crippen molar-refractivity contribution in [2.24, 2.45) is 5.92 Å². The molecule has 1 aliphatic rings. The predicted molar refractivity (Wildman–Crippen MR) is 170 cm³/mol. The van der Waals surface area contributed by atoms with E-state index in [4.69, 9.17) is 14.9 Å². The Labute approximate surface area is 261 Å². The number of carboxylic acid groups (broad SMARTS) is 2. The third-order valence-electron chi connectivity index (χ3n) is 7.36. The molecule has 10 nitrogen and oxygen atoms in total. The third-order valence-corrected chi connectivity index (χ3v) is 7.36. The van der Waals surface area contributed by atoms with Crippen LogP contribution in [0.4, 0.5) is 15.8 Å². The van der Waals surface area contributed by atoms with E-state index in [9.17, 15) is 23.6 Å². The first-order chi connectivity index (χ1) is 21.5. The Morgan fingerprint density at radius 2 is 1.33 bits per heavy atom. The van der Waals surface area contributed by atoms with Crippen molar-refractivity contribution in [2.45, 2.75) is 12.8 Å². The van der Waals surface area contributed by atoms with E-state index in [1.54, 1.807) is 24.1 Å². The highest BCUT2D eigenvalue weighted by Crippen LogP contribution is 2.25. The second-order valence-electron chi connectivity index (χ2n) is 10.6. The summed E-state index contributed by atoms with van der Waals surface area (Å²) in [5.41, 5.74) is 3.04. The van der Waals surface area contributed by atoms with E-state index in [0.717, 1.165) is 43.1 Å². The Bertz CT molecular complexity index is 1450. The van der Waals surface area contributed by atoms with E-state index in [1.165, 1.54) is 12.1 Å². The molecule has 0 bridgehead atoms. The first-order valence-electron chi connectivity index (χ1n) is 14.4. The van der Waals surface area contributed by atoms with Crippen molar-refractivity contribution in [1.82, 2.24) is 4.90 Å². The number of rotatable bonds is 11. The summed E-state index contributed by atoms with van der Waals surface area (Å²) < 4.78 is 18.5. The van der Waals surface area contributed by atoms with Gasteiger partial charge in [-0.15, -0.1) is 0 Å². The molecule has 238 valence electrons. The zero-order valence-electron chi connectivity index (χ0n) is 25.6. The lowest BCUT2D eigenvalue weighted by atomic mass is 9.89. The number of likely N-dealkylation sites (tertiary alicyclic amines) is 1. The number of methoxy groups -OCH3 is 1. The predicted octanol–water partition coefficient (Wildman–Crippen LogP) is 4.85. The number of aliphatic carboxylic acids is 2. The van der Waals surface area contributed by atoms with Crippen LogP contribution in [0.1, 0.15) is 33.6 Å². The normalized spacial score (nSPS) is 13.4. The highest BCUT2D eigenvalue weighted by atomic mass is 19.1. The molecule has 3 aromatic rings. The van der Waals surface area contributed by atoms with E-state index in [0.29, 0.717) is 36.4 Å². The van der Waals surface area contributed by atoms with E-state index in [1.807, 2.05) is 67.5 Å². The molecule has 0 aliphatic carbocycles. The van der Waals surface area contributed by atoms with Gasteiger partial charge < -0.3 is 29.6 Å². The fourth-order valence-electron chi connectivity index (χ4n) is 4.82. The molecule has 1 saturated heterocycles. The van der Waals surface area contributed by atoms with Crippen LogP contribution in [0.2, 0.25) is 0 Å². The molecule has 0 saturated carbocycles. The van der Waals surface area contributed by atoms with Gasteiger partial charge in [0.1, 0.15) is 11.6 Å². The van der Waals surface area contributed by atoms with Gasteiger partial charge in [0, 0.05) is 67.8 Å². The van der Waals surface area contributed by atoms with Crippen molar-refractivity contribution in [1.29, 1.82) is 0 Å². The van der Waals surface area contributed by atoms with Crippen LogP contribution in [-0.2, 0) is 9.59 Å². The van der Waals surface area contributed by atoms with Crippen LogP contribution in [-0.4, -0.2) is 86.1 Å². The zero-order valence-corrected chi connectivity index (χ0v) is 25.6. The number of halogens is 1. The molecule has 0 spiro atoms. The molecule has 11 heteroatoms. The number of nitrogens with zero attached hydrogens (tertiary/aromatic N) is 3. The lowest BCUT2D eigenvalue weighted by Crippen LogP contribution is -2.42. The lowest BCUT2D eigenvalue weighted by Gasteiger charge is -2.33. The van der Waals surface area contributed by atoms with Gasteiger partial charge in [0.25, 0.3) is 5.91 Å². The maximum Gasteiger partial charge on any atom is 0.328 e. The van der Waals surface area contributed by atoms with Gasteiger partial charge >= 0.3 is 11.9 Å². The van der Waals surface area contributed by atoms with E-state index >= 15 is 0 Å². The number of ketones is 1. The number of carbonyl (C=O) groups excluding carboxylic acids is 2. The summed E-state index contributed by atoms with van der Waals surface area (Å²) in [7, 11) is 5.56. The Morgan fingerprint density at radius 1 is 0.822 bits per heavy atom. The van der Waals surface area contributed by atoms with Gasteiger partial charge in [-0.1, -0.05) is 0 Å². The van der Waals surface area contributed by atoms with Gasteiger partial charge in [-0.25, -0.2) is 14.0 Å². The van der Waals surface area contributed by atoms with E-state index in [-0.39, 0.29) is 23.4 Å². The van der Waals surface area contributed by atoms with Crippen LogP contribution >= 0.6 is 0 Å². The SMILES string of the molecule is COc1ccc(N(CCN2CCC(C(=O)c3ccc(F)cc3)CC2)C(=O)c2ccc(N(C)C)cc2)cc1.O=C(O)C=CC(=O)O. The molecule has 1 aliphatic heterocycles. The van der Waals surface area contributed by atoms with Crippen molar-refractivity contribution in [3.63, 3.8) is 0 Å². The zero-order chi connectivity index (χ0) is 32.9. The number of carboxylic acids is 2. The van der Waals surface area contributed by atoms with Gasteiger partial charge in [0.15, 0.2) is 5.78 Å². The molecule has 45 heavy (non-hydrogen) atoms. The molecular formula is C34H38FN3O7. The summed E-state index contributed by atoms with van der Waals surface area (Å²) in [6.45, 7) is 2.78. The fourth-order valence-corrected chi connectivity index (χ4v) is 4.82. The smallest absolute Gasteiger partial charge is 0.328 e. The average Bonchev–Trinajstić information content (AvgIpc) is 3.04. The third kappa shape index (κ3) is 10.6. The summed E-state index contributed by atoms with van der Waals surface area (Å²) >= 11 is 0. The number of Topliss-reactive ketones (excluding diaryl/α,β-unsaturated/α-hetero) is 1. The van der Waals surface area contributed by atoms with Gasteiger partial charge in [-0.05, 0) is 98.7 Å². The minimum absolute atomic E-state index is 0.0585. The van der Waals surface area contributed by atoms with E-state index < -0.39 is 11.9 Å². The monoisotopic (exact) mass is 619 g/mol. The number of anilines is 2. The molecule has 4 rings (SSSR count). The van der Waals surface area contributed by atoms with Crippen molar-refractivity contribution >= 4 is 35.0 Å². The van der Waals surface area contributed by atoms with Crippen LogP contribution in [0.5, 0.6) is 5.75 Å². The van der Waals surface area contributed by atoms with Crippen molar-refractivity contribution in [2.75, 3.05) is 57.2 Å². The number of piperidine rings is 1. The second-order valence-corrected chi connectivity index (χ2v) is 10.6. The lowest BCUT2D eigenvalue weighted by molar-refractivity contribution is -0.134. The maximum atomic E-state index is 13.6. The molecule has 1 heterocycles. The average molecular weight is 620 g/mol. The molecule has 3 aromatic carbocycles. The van der Waals surface area contributed by atoms with Gasteiger partial charge in [-0.3, -0.25) is 9.59 Å². The van der Waals surface area contributed by atoms with Crippen LogP contribution in [0.15, 0.2) is 84.9 Å². The Balaban J connectivity index is 0.000000610. The van der Waals surface area contributed by atoms with Crippen molar-refractivity contribution < 1.29 is 38.5 Å². The van der Waals surface area contributed by atoms with E-state index in [2.05, 4.69) is 4.90 Å². The standard InChI is InChI=1S/C30H34FN3O3.C4H4O4/c1-32(2)26-10-6-24(7-11-26)30(36)34(27-12-14-28(37-3)15-13-27)21-20-33-18-16-23(17-19-33)29(35)22-4-8-25(31)9-5-22;5-3(6)1-2-4(7)8/h4-15,23H,16-21H2,1-3H3;1-2H,(H,5,6)(H,7,8). The molecule has 0 aromatic heterocycles. The second kappa shape index (κ2) is 16.7. The molecule has 0 atom stereocenters.